The highest BCUT2D eigenvalue weighted by atomic mass is 35.5. The standard InChI is InChI=1S/C28H33Cl2NO3/c1-19(16-26(32)34-27(2,3)4)31-14-12-28(13-15-31)18-33-25-17-20(9-11-22(25)28)8-10-21-23(29)6-5-7-24(21)30/h5-11,17,19H,12-16,18H2,1-4H3. The van der Waals surface area contributed by atoms with Crippen LogP contribution in [0.25, 0.3) is 12.2 Å². The van der Waals surface area contributed by atoms with Crippen LogP contribution in [0.3, 0.4) is 0 Å². The van der Waals surface area contributed by atoms with Crippen LogP contribution in [-0.2, 0) is 14.9 Å². The Kier molecular flexibility index (Phi) is 7.33. The first kappa shape index (κ1) is 25.1. The van der Waals surface area contributed by atoms with Crippen LogP contribution in [0.4, 0.5) is 0 Å². The zero-order valence-electron chi connectivity index (χ0n) is 20.4. The average Bonchev–Trinajstić information content (AvgIpc) is 3.10. The fourth-order valence-corrected chi connectivity index (χ4v) is 5.43. The van der Waals surface area contributed by atoms with E-state index in [4.69, 9.17) is 32.7 Å². The van der Waals surface area contributed by atoms with Gasteiger partial charge in [0.05, 0.1) is 13.0 Å². The molecule has 0 aromatic heterocycles. The maximum Gasteiger partial charge on any atom is 0.307 e. The number of likely N-dealkylation sites (tertiary alicyclic amines) is 1. The number of halogens is 2. The summed E-state index contributed by atoms with van der Waals surface area (Å²) in [5.41, 5.74) is 2.76. The SMILES string of the molecule is CC(CC(=O)OC(C)(C)C)N1CCC2(CC1)COc1cc(C=Cc3c(Cl)cccc3Cl)ccc12. The zero-order chi connectivity index (χ0) is 24.5. The van der Waals surface area contributed by atoms with E-state index >= 15 is 0 Å². The normalized spacial score (nSPS) is 18.6. The molecule has 1 unspecified atom stereocenters. The summed E-state index contributed by atoms with van der Waals surface area (Å²) in [5, 5.41) is 1.26. The Labute approximate surface area is 212 Å². The molecule has 2 aliphatic rings. The summed E-state index contributed by atoms with van der Waals surface area (Å²) in [6.07, 6.45) is 6.42. The third-order valence-corrected chi connectivity index (χ3v) is 7.44. The Morgan fingerprint density at radius 1 is 1.15 bits per heavy atom. The lowest BCUT2D eigenvalue weighted by Gasteiger charge is -2.41. The first-order valence-corrected chi connectivity index (χ1v) is 12.7. The molecule has 4 rings (SSSR count). The first-order valence-electron chi connectivity index (χ1n) is 11.9. The molecule has 0 radical (unpaired) electrons. The lowest BCUT2D eigenvalue weighted by atomic mass is 9.74. The number of rotatable bonds is 5. The smallest absolute Gasteiger partial charge is 0.307 e. The van der Waals surface area contributed by atoms with Gasteiger partial charge in [-0.25, -0.2) is 0 Å². The summed E-state index contributed by atoms with van der Waals surface area (Å²) in [7, 11) is 0. The number of benzene rings is 2. The second-order valence-corrected chi connectivity index (χ2v) is 11.3. The molecule has 1 fully saturated rings. The van der Waals surface area contributed by atoms with E-state index in [0.717, 1.165) is 42.8 Å². The fraction of sp³-hybridized carbons (Fsp3) is 0.464. The van der Waals surface area contributed by atoms with Crippen LogP contribution in [0.5, 0.6) is 5.75 Å². The van der Waals surface area contributed by atoms with Crippen molar-refractivity contribution in [3.05, 3.63) is 63.1 Å². The molecule has 182 valence electrons. The Morgan fingerprint density at radius 3 is 2.47 bits per heavy atom. The number of hydrogen-bond donors (Lipinski definition) is 0. The van der Waals surface area contributed by atoms with Gasteiger partial charge in [0.15, 0.2) is 0 Å². The van der Waals surface area contributed by atoms with Gasteiger partial charge in [-0.1, -0.05) is 53.6 Å². The minimum Gasteiger partial charge on any atom is -0.492 e. The van der Waals surface area contributed by atoms with Crippen molar-refractivity contribution >= 4 is 41.3 Å². The number of ether oxygens (including phenoxy) is 2. The van der Waals surface area contributed by atoms with E-state index < -0.39 is 5.60 Å². The second-order valence-electron chi connectivity index (χ2n) is 10.5. The van der Waals surface area contributed by atoms with Gasteiger partial charge in [0.25, 0.3) is 0 Å². The molecule has 1 saturated heterocycles. The Hall–Kier alpha value is -2.01. The van der Waals surface area contributed by atoms with Gasteiger partial charge in [-0.3, -0.25) is 4.79 Å². The number of esters is 1. The summed E-state index contributed by atoms with van der Waals surface area (Å²) in [4.78, 5) is 14.6. The van der Waals surface area contributed by atoms with Crippen LogP contribution in [0.1, 0.15) is 63.6 Å². The maximum atomic E-state index is 12.2. The number of nitrogens with zero attached hydrogens (tertiary/aromatic N) is 1. The summed E-state index contributed by atoms with van der Waals surface area (Å²) < 4.78 is 11.7. The van der Waals surface area contributed by atoms with E-state index in [2.05, 4.69) is 30.0 Å². The number of fused-ring (bicyclic) bond motifs is 2. The van der Waals surface area contributed by atoms with Crippen molar-refractivity contribution in [2.45, 2.75) is 64.0 Å². The molecular formula is C28H33Cl2NO3. The van der Waals surface area contributed by atoms with Crippen molar-refractivity contribution in [1.29, 1.82) is 0 Å². The lowest BCUT2D eigenvalue weighted by molar-refractivity contribution is -0.156. The van der Waals surface area contributed by atoms with Gasteiger partial charge in [-0.15, -0.1) is 0 Å². The Morgan fingerprint density at radius 2 is 1.82 bits per heavy atom. The quantitative estimate of drug-likeness (QED) is 0.326. The van der Waals surface area contributed by atoms with Crippen molar-refractivity contribution in [3.63, 3.8) is 0 Å². The molecule has 1 atom stereocenters. The highest BCUT2D eigenvalue weighted by Crippen LogP contribution is 2.46. The predicted molar refractivity (Wildman–Crippen MR) is 140 cm³/mol. The molecular weight excluding hydrogens is 469 g/mol. The number of carbonyl (C=O) groups excluding carboxylic acids is 1. The van der Waals surface area contributed by atoms with Crippen LogP contribution < -0.4 is 4.74 Å². The highest BCUT2D eigenvalue weighted by Gasteiger charge is 2.43. The number of piperidine rings is 1. The number of hydrogen-bond acceptors (Lipinski definition) is 4. The van der Waals surface area contributed by atoms with E-state index in [0.29, 0.717) is 23.1 Å². The fourth-order valence-electron chi connectivity index (χ4n) is 4.90. The van der Waals surface area contributed by atoms with E-state index in [1.807, 2.05) is 51.1 Å². The summed E-state index contributed by atoms with van der Waals surface area (Å²) >= 11 is 12.6. The van der Waals surface area contributed by atoms with Crippen LogP contribution in [0, 0.1) is 0 Å². The topological polar surface area (TPSA) is 38.8 Å². The molecule has 2 aromatic carbocycles. The van der Waals surface area contributed by atoms with E-state index in [1.165, 1.54) is 5.56 Å². The summed E-state index contributed by atoms with van der Waals surface area (Å²) in [6.45, 7) is 10.4. The molecule has 0 bridgehead atoms. The lowest BCUT2D eigenvalue weighted by Crippen LogP contribution is -2.47. The van der Waals surface area contributed by atoms with Gasteiger partial charge < -0.3 is 14.4 Å². The van der Waals surface area contributed by atoms with Crippen molar-refractivity contribution in [2.24, 2.45) is 0 Å². The van der Waals surface area contributed by atoms with Crippen molar-refractivity contribution < 1.29 is 14.3 Å². The van der Waals surface area contributed by atoms with Gasteiger partial charge in [0.1, 0.15) is 11.4 Å². The molecule has 6 heteroatoms. The minimum atomic E-state index is -0.443. The molecule has 2 aromatic rings. The van der Waals surface area contributed by atoms with Gasteiger partial charge in [0, 0.05) is 32.6 Å². The van der Waals surface area contributed by atoms with Crippen molar-refractivity contribution in [2.75, 3.05) is 19.7 Å². The highest BCUT2D eigenvalue weighted by molar-refractivity contribution is 6.37. The molecule has 1 spiro atoms. The zero-order valence-corrected chi connectivity index (χ0v) is 21.9. The van der Waals surface area contributed by atoms with Crippen molar-refractivity contribution in [1.82, 2.24) is 4.90 Å². The summed E-state index contributed by atoms with van der Waals surface area (Å²) in [6, 6.07) is 12.1. The largest absolute Gasteiger partial charge is 0.492 e. The minimum absolute atomic E-state index is 0.0474. The van der Waals surface area contributed by atoms with Gasteiger partial charge in [-0.2, -0.15) is 0 Å². The van der Waals surface area contributed by atoms with Crippen molar-refractivity contribution in [3.8, 4) is 5.75 Å². The van der Waals surface area contributed by atoms with Crippen LogP contribution in [0.2, 0.25) is 10.0 Å². The van der Waals surface area contributed by atoms with E-state index in [1.54, 1.807) is 0 Å². The van der Waals surface area contributed by atoms with E-state index in [-0.39, 0.29) is 17.4 Å². The van der Waals surface area contributed by atoms with Gasteiger partial charge in [-0.05, 0) is 77.4 Å². The molecule has 0 saturated carbocycles. The Bertz CT molecular complexity index is 1060. The summed E-state index contributed by atoms with van der Waals surface area (Å²) in [5.74, 6) is 0.830. The van der Waals surface area contributed by atoms with Gasteiger partial charge >= 0.3 is 5.97 Å². The van der Waals surface area contributed by atoms with E-state index in [9.17, 15) is 4.79 Å². The maximum absolute atomic E-state index is 12.2. The Balaban J connectivity index is 1.40. The molecule has 0 N–H and O–H groups in total. The first-order chi connectivity index (χ1) is 16.1. The monoisotopic (exact) mass is 501 g/mol. The second kappa shape index (κ2) is 9.93. The molecule has 34 heavy (non-hydrogen) atoms. The molecule has 0 amide bonds. The predicted octanol–water partition coefficient (Wildman–Crippen LogP) is 7.01. The molecule has 2 heterocycles. The number of carbonyl (C=O) groups is 1. The third kappa shape index (κ3) is 5.62. The van der Waals surface area contributed by atoms with Crippen LogP contribution >= 0.6 is 23.2 Å². The average molecular weight is 502 g/mol. The molecule has 2 aliphatic heterocycles. The molecule has 4 nitrogen and oxygen atoms in total. The molecule has 0 aliphatic carbocycles. The van der Waals surface area contributed by atoms with Crippen LogP contribution in [-0.4, -0.2) is 42.2 Å². The van der Waals surface area contributed by atoms with Crippen LogP contribution in [0.15, 0.2) is 36.4 Å². The third-order valence-electron chi connectivity index (χ3n) is 6.78. The van der Waals surface area contributed by atoms with Gasteiger partial charge in [0.2, 0.25) is 0 Å².